The van der Waals surface area contributed by atoms with Gasteiger partial charge in [-0.2, -0.15) is 5.10 Å². The molecule has 0 aliphatic heterocycles. The Morgan fingerprint density at radius 2 is 2.26 bits per heavy atom. The number of Topliss-reactive ketones (excluding diaryl/α,β-unsaturated/α-hetero) is 1. The van der Waals surface area contributed by atoms with Gasteiger partial charge in [-0.25, -0.2) is 4.98 Å². The second kappa shape index (κ2) is 5.54. The van der Waals surface area contributed by atoms with Gasteiger partial charge in [-0.1, -0.05) is 11.6 Å². The van der Waals surface area contributed by atoms with Gasteiger partial charge >= 0.3 is 0 Å². The van der Waals surface area contributed by atoms with Gasteiger partial charge in [0.2, 0.25) is 0 Å². The summed E-state index contributed by atoms with van der Waals surface area (Å²) >= 11 is 6.11. The van der Waals surface area contributed by atoms with E-state index in [4.69, 9.17) is 17.3 Å². The first kappa shape index (κ1) is 13.8. The molecule has 102 valence electrons. The van der Waals surface area contributed by atoms with Crippen LogP contribution in [0.25, 0.3) is 0 Å². The van der Waals surface area contributed by atoms with Crippen LogP contribution in [-0.4, -0.2) is 31.7 Å². The van der Waals surface area contributed by atoms with E-state index in [0.29, 0.717) is 23.9 Å². The van der Waals surface area contributed by atoms with Crippen LogP contribution in [0, 0.1) is 6.92 Å². The molecule has 2 heterocycles. The number of hydrogen-bond acceptors (Lipinski definition) is 4. The Morgan fingerprint density at radius 1 is 1.53 bits per heavy atom. The third-order valence-corrected chi connectivity index (χ3v) is 3.39. The number of aromatic nitrogens is 4. The van der Waals surface area contributed by atoms with Crippen LogP contribution < -0.4 is 5.73 Å². The Labute approximate surface area is 116 Å². The summed E-state index contributed by atoms with van der Waals surface area (Å²) in [5.41, 5.74) is 7.39. The average molecular weight is 282 g/mol. The lowest BCUT2D eigenvalue weighted by Gasteiger charge is -1.99. The van der Waals surface area contributed by atoms with E-state index in [1.165, 1.54) is 0 Å². The lowest BCUT2D eigenvalue weighted by molar-refractivity contribution is 0.0988. The van der Waals surface area contributed by atoms with E-state index >= 15 is 0 Å². The van der Waals surface area contributed by atoms with Crippen molar-refractivity contribution in [3.63, 3.8) is 0 Å². The number of nitrogens with two attached hydrogens (primary N) is 1. The number of halogens is 1. The maximum absolute atomic E-state index is 12.1. The minimum absolute atomic E-state index is 0.0752. The molecule has 0 bridgehead atoms. The number of imidazole rings is 1. The molecule has 0 amide bonds. The number of carbonyl (C=O) groups excluding carboxylic acids is 1. The predicted octanol–water partition coefficient (Wildman–Crippen LogP) is 0.963. The molecule has 0 spiro atoms. The quantitative estimate of drug-likeness (QED) is 0.828. The normalized spacial score (nSPS) is 10.9. The maximum atomic E-state index is 12.1. The third kappa shape index (κ3) is 2.85. The minimum atomic E-state index is -0.0752. The molecule has 0 aliphatic carbocycles. The highest BCUT2D eigenvalue weighted by molar-refractivity contribution is 6.30. The molecule has 0 unspecified atom stereocenters. The van der Waals surface area contributed by atoms with Crippen molar-refractivity contribution in [2.75, 3.05) is 6.54 Å². The second-order valence-electron chi connectivity index (χ2n) is 4.36. The molecule has 0 aliphatic rings. The van der Waals surface area contributed by atoms with Crippen molar-refractivity contribution in [1.82, 2.24) is 19.3 Å². The molecule has 0 aromatic carbocycles. The predicted molar refractivity (Wildman–Crippen MR) is 72.3 cm³/mol. The van der Waals surface area contributed by atoms with Crippen LogP contribution in [-0.2, 0) is 20.0 Å². The fourth-order valence-electron chi connectivity index (χ4n) is 1.90. The van der Waals surface area contributed by atoms with Gasteiger partial charge in [-0.05, 0) is 6.92 Å². The van der Waals surface area contributed by atoms with E-state index < -0.39 is 0 Å². The van der Waals surface area contributed by atoms with Crippen molar-refractivity contribution in [2.24, 2.45) is 12.8 Å². The Hall–Kier alpha value is -1.66. The van der Waals surface area contributed by atoms with Crippen molar-refractivity contribution in [3.8, 4) is 0 Å². The highest BCUT2D eigenvalue weighted by Crippen LogP contribution is 2.20. The SMILES string of the molecule is Cc1nn(C)c(Cl)c1CC(=O)c1cn(CCN)cn1. The third-order valence-electron chi connectivity index (χ3n) is 2.91. The van der Waals surface area contributed by atoms with Crippen LogP contribution in [0.2, 0.25) is 5.15 Å². The average Bonchev–Trinajstić information content (AvgIpc) is 2.91. The van der Waals surface area contributed by atoms with E-state index in [9.17, 15) is 4.79 Å². The molecular formula is C12H16ClN5O. The van der Waals surface area contributed by atoms with Crippen molar-refractivity contribution in [3.05, 3.63) is 34.6 Å². The number of ketones is 1. The van der Waals surface area contributed by atoms with E-state index in [-0.39, 0.29) is 12.2 Å². The summed E-state index contributed by atoms with van der Waals surface area (Å²) in [6, 6.07) is 0. The summed E-state index contributed by atoms with van der Waals surface area (Å²) in [5, 5.41) is 4.68. The van der Waals surface area contributed by atoms with Crippen molar-refractivity contribution < 1.29 is 4.79 Å². The topological polar surface area (TPSA) is 78.7 Å². The van der Waals surface area contributed by atoms with E-state index in [1.807, 2.05) is 6.92 Å². The summed E-state index contributed by atoms with van der Waals surface area (Å²) < 4.78 is 3.36. The zero-order valence-electron chi connectivity index (χ0n) is 10.9. The highest BCUT2D eigenvalue weighted by Gasteiger charge is 2.17. The maximum Gasteiger partial charge on any atom is 0.187 e. The first-order valence-corrected chi connectivity index (χ1v) is 6.33. The minimum Gasteiger partial charge on any atom is -0.335 e. The lowest BCUT2D eigenvalue weighted by Crippen LogP contribution is -2.08. The lowest BCUT2D eigenvalue weighted by atomic mass is 10.1. The summed E-state index contributed by atoms with van der Waals surface area (Å²) in [4.78, 5) is 16.2. The number of nitrogens with zero attached hydrogens (tertiary/aromatic N) is 4. The van der Waals surface area contributed by atoms with Crippen molar-refractivity contribution >= 4 is 17.4 Å². The molecule has 2 rings (SSSR count). The zero-order chi connectivity index (χ0) is 14.0. The van der Waals surface area contributed by atoms with Gasteiger partial charge in [0.05, 0.1) is 12.0 Å². The molecule has 19 heavy (non-hydrogen) atoms. The van der Waals surface area contributed by atoms with Gasteiger partial charge in [0.1, 0.15) is 10.8 Å². The molecule has 0 fully saturated rings. The molecule has 0 radical (unpaired) electrons. The molecule has 2 aromatic heterocycles. The molecular weight excluding hydrogens is 266 g/mol. The highest BCUT2D eigenvalue weighted by atomic mass is 35.5. The summed E-state index contributed by atoms with van der Waals surface area (Å²) in [5.74, 6) is -0.0752. The van der Waals surface area contributed by atoms with Crippen molar-refractivity contribution in [1.29, 1.82) is 0 Å². The fourth-order valence-corrected chi connectivity index (χ4v) is 2.14. The van der Waals surface area contributed by atoms with Crippen molar-refractivity contribution in [2.45, 2.75) is 19.9 Å². The zero-order valence-corrected chi connectivity index (χ0v) is 11.7. The van der Waals surface area contributed by atoms with Crippen LogP contribution in [0.15, 0.2) is 12.5 Å². The summed E-state index contributed by atoms with van der Waals surface area (Å²) in [7, 11) is 1.75. The summed E-state index contributed by atoms with van der Waals surface area (Å²) in [6.07, 6.45) is 3.52. The monoisotopic (exact) mass is 281 g/mol. The van der Waals surface area contributed by atoms with Crippen LogP contribution in [0.5, 0.6) is 0 Å². The smallest absolute Gasteiger partial charge is 0.187 e. The number of hydrogen-bond donors (Lipinski definition) is 1. The largest absolute Gasteiger partial charge is 0.335 e. The molecule has 7 heteroatoms. The number of carbonyl (C=O) groups is 1. The molecule has 0 atom stereocenters. The molecule has 0 saturated heterocycles. The fraction of sp³-hybridized carbons (Fsp3) is 0.417. The standard InChI is InChI=1S/C12H16ClN5O/c1-8-9(12(13)17(2)16-8)5-11(19)10-6-18(4-3-14)7-15-10/h6-7H,3-5,14H2,1-2H3. The summed E-state index contributed by atoms with van der Waals surface area (Å²) in [6.45, 7) is 2.99. The Kier molecular flexibility index (Phi) is 4.01. The number of rotatable bonds is 5. The van der Waals surface area contributed by atoms with Crippen LogP contribution in [0.4, 0.5) is 0 Å². The molecule has 0 saturated carbocycles. The van der Waals surface area contributed by atoms with E-state index in [1.54, 1.807) is 28.8 Å². The van der Waals surface area contributed by atoms with Gasteiger partial charge in [0.15, 0.2) is 5.78 Å². The van der Waals surface area contributed by atoms with Gasteiger partial charge in [0.25, 0.3) is 0 Å². The molecule has 2 N–H and O–H groups in total. The van der Waals surface area contributed by atoms with Gasteiger partial charge in [-0.3, -0.25) is 9.48 Å². The first-order valence-electron chi connectivity index (χ1n) is 5.96. The Balaban J connectivity index is 2.16. The molecule has 2 aromatic rings. The molecule has 6 nitrogen and oxygen atoms in total. The van der Waals surface area contributed by atoms with Crippen LogP contribution >= 0.6 is 11.6 Å². The van der Waals surface area contributed by atoms with Gasteiger partial charge < -0.3 is 10.3 Å². The van der Waals surface area contributed by atoms with E-state index in [2.05, 4.69) is 10.1 Å². The number of aryl methyl sites for hydroxylation is 2. The van der Waals surface area contributed by atoms with Crippen LogP contribution in [0.1, 0.15) is 21.7 Å². The Bertz CT molecular complexity index is 601. The Morgan fingerprint density at radius 3 is 2.84 bits per heavy atom. The van der Waals surface area contributed by atoms with E-state index in [0.717, 1.165) is 11.3 Å². The second-order valence-corrected chi connectivity index (χ2v) is 4.72. The van der Waals surface area contributed by atoms with Gasteiger partial charge in [0, 0.05) is 38.3 Å². The van der Waals surface area contributed by atoms with Gasteiger partial charge in [-0.15, -0.1) is 0 Å². The first-order chi connectivity index (χ1) is 9.02. The van der Waals surface area contributed by atoms with Crippen LogP contribution in [0.3, 0.4) is 0 Å².